The number of hydrogen-bond donors (Lipinski definition) is 0. The largest absolute Gasteiger partial charge is 0.490 e. The molecular weight excluding hydrogens is 398 g/mol. The quantitative estimate of drug-likeness (QED) is 0.641. The van der Waals surface area contributed by atoms with Crippen LogP contribution < -0.4 is 4.74 Å². The Hall–Kier alpha value is -2.31. The van der Waals surface area contributed by atoms with Crippen LogP contribution in [0.5, 0.6) is 5.75 Å². The monoisotopic (exact) mass is 419 g/mol. The van der Waals surface area contributed by atoms with Gasteiger partial charge in [0.1, 0.15) is 12.4 Å². The lowest BCUT2D eigenvalue weighted by Crippen LogP contribution is -2.40. The molecule has 2 aromatic carbocycles. The molecule has 0 radical (unpaired) electrons. The zero-order valence-electron chi connectivity index (χ0n) is 15.4. The molecule has 148 valence electrons. The molecule has 1 aliphatic rings. The maximum Gasteiger partial charge on any atom is 0.254 e. The van der Waals surface area contributed by atoms with Crippen molar-refractivity contribution in [3.63, 3.8) is 0 Å². The summed E-state index contributed by atoms with van der Waals surface area (Å²) in [6.07, 6.45) is 2.07. The molecule has 0 N–H and O–H groups in total. The fourth-order valence-electron chi connectivity index (χ4n) is 3.21. The average molecular weight is 420 g/mol. The fourth-order valence-corrected chi connectivity index (χ4v) is 5.14. The summed E-state index contributed by atoms with van der Waals surface area (Å²) in [7, 11) is -3.13. The van der Waals surface area contributed by atoms with Gasteiger partial charge >= 0.3 is 0 Å². The second-order valence-corrected chi connectivity index (χ2v) is 9.34. The van der Waals surface area contributed by atoms with Crippen LogP contribution in [0.3, 0.4) is 0 Å². The van der Waals surface area contributed by atoms with Crippen LogP contribution in [-0.2, 0) is 16.4 Å². The van der Waals surface area contributed by atoms with Crippen LogP contribution in [0.15, 0.2) is 61.2 Å². The van der Waals surface area contributed by atoms with E-state index in [1.54, 1.807) is 41.3 Å². The van der Waals surface area contributed by atoms with Crippen molar-refractivity contribution >= 4 is 27.3 Å². The zero-order chi connectivity index (χ0) is 20.1. The van der Waals surface area contributed by atoms with Gasteiger partial charge in [0.15, 0.2) is 9.84 Å². The maximum absolute atomic E-state index is 13.2. The first-order chi connectivity index (χ1) is 13.4. The summed E-state index contributed by atoms with van der Waals surface area (Å²) in [4.78, 5) is 14.8. The Balaban J connectivity index is 1.86. The number of sulfone groups is 1. The lowest BCUT2D eigenvalue weighted by molar-refractivity contribution is 0.0681. The van der Waals surface area contributed by atoms with Gasteiger partial charge in [-0.05, 0) is 42.3 Å². The van der Waals surface area contributed by atoms with E-state index in [4.69, 9.17) is 16.3 Å². The molecule has 0 aromatic heterocycles. The smallest absolute Gasteiger partial charge is 0.254 e. The Morgan fingerprint density at radius 1 is 1.21 bits per heavy atom. The van der Waals surface area contributed by atoms with Crippen molar-refractivity contribution in [2.75, 3.05) is 18.1 Å². The third-order valence-electron chi connectivity index (χ3n) is 4.68. The van der Waals surface area contributed by atoms with Crippen LogP contribution in [0.4, 0.5) is 0 Å². The predicted octanol–water partition coefficient (Wildman–Crippen LogP) is 3.73. The summed E-state index contributed by atoms with van der Waals surface area (Å²) < 4.78 is 29.4. The minimum Gasteiger partial charge on any atom is -0.490 e. The number of benzene rings is 2. The first kappa shape index (κ1) is 20.4. The van der Waals surface area contributed by atoms with Crippen LogP contribution >= 0.6 is 11.6 Å². The van der Waals surface area contributed by atoms with Crippen LogP contribution in [0.2, 0.25) is 5.02 Å². The number of rotatable bonds is 7. The molecule has 1 atom stereocenters. The third kappa shape index (κ3) is 4.94. The van der Waals surface area contributed by atoms with Crippen molar-refractivity contribution in [1.82, 2.24) is 4.90 Å². The van der Waals surface area contributed by atoms with Crippen molar-refractivity contribution in [1.29, 1.82) is 0 Å². The third-order valence-corrected chi connectivity index (χ3v) is 6.80. The highest BCUT2D eigenvalue weighted by molar-refractivity contribution is 7.91. The van der Waals surface area contributed by atoms with Crippen LogP contribution in [0.25, 0.3) is 0 Å². The topological polar surface area (TPSA) is 63.7 Å². The van der Waals surface area contributed by atoms with Gasteiger partial charge in [-0.1, -0.05) is 42.5 Å². The fraction of sp³-hybridized carbons (Fsp3) is 0.286. The summed E-state index contributed by atoms with van der Waals surface area (Å²) in [6.45, 7) is 4.24. The van der Waals surface area contributed by atoms with Crippen molar-refractivity contribution < 1.29 is 17.9 Å². The van der Waals surface area contributed by atoms with E-state index in [9.17, 15) is 13.2 Å². The van der Waals surface area contributed by atoms with E-state index in [0.717, 1.165) is 5.56 Å². The van der Waals surface area contributed by atoms with Crippen molar-refractivity contribution in [3.8, 4) is 5.75 Å². The van der Waals surface area contributed by atoms with Gasteiger partial charge < -0.3 is 9.64 Å². The van der Waals surface area contributed by atoms with Gasteiger partial charge in [-0.25, -0.2) is 8.42 Å². The Morgan fingerprint density at radius 2 is 1.93 bits per heavy atom. The highest BCUT2D eigenvalue weighted by Crippen LogP contribution is 2.25. The number of hydrogen-bond acceptors (Lipinski definition) is 4. The number of amides is 1. The Morgan fingerprint density at radius 3 is 2.54 bits per heavy atom. The molecule has 0 bridgehead atoms. The number of ether oxygens (including phenoxy) is 1. The SMILES string of the molecule is C=CCOc1ccc(C(=O)N(Cc2ccccc2Cl)[C@H]2CCS(=O)(=O)C2)cc1. The van der Waals surface area contributed by atoms with Gasteiger partial charge in [0.25, 0.3) is 5.91 Å². The molecular formula is C21H22ClNO4S. The minimum absolute atomic E-state index is 0.0241. The maximum atomic E-state index is 13.2. The molecule has 1 heterocycles. The molecule has 3 rings (SSSR count). The second kappa shape index (κ2) is 8.80. The summed E-state index contributed by atoms with van der Waals surface area (Å²) in [5.74, 6) is 0.483. The van der Waals surface area contributed by atoms with E-state index >= 15 is 0 Å². The van der Waals surface area contributed by atoms with E-state index in [2.05, 4.69) is 6.58 Å². The van der Waals surface area contributed by atoms with Crippen molar-refractivity contribution in [3.05, 3.63) is 77.3 Å². The standard InChI is InChI=1S/C21H22ClNO4S/c1-2-12-27-19-9-7-16(8-10-19)21(24)23(18-11-13-28(25,26)15-18)14-17-5-3-4-6-20(17)22/h2-10,18H,1,11-15H2/t18-/m0/s1. The molecule has 7 heteroatoms. The highest BCUT2D eigenvalue weighted by atomic mass is 35.5. The van der Waals surface area contributed by atoms with E-state index in [1.165, 1.54) is 0 Å². The van der Waals surface area contributed by atoms with E-state index < -0.39 is 9.84 Å². The Bertz CT molecular complexity index is 957. The van der Waals surface area contributed by atoms with Gasteiger partial charge in [0.05, 0.1) is 11.5 Å². The number of halogens is 1. The van der Waals surface area contributed by atoms with Gasteiger partial charge in [0.2, 0.25) is 0 Å². The molecule has 1 fully saturated rings. The van der Waals surface area contributed by atoms with Gasteiger partial charge in [-0.3, -0.25) is 4.79 Å². The summed E-state index contributed by atoms with van der Waals surface area (Å²) in [5, 5.41) is 0.550. The first-order valence-electron chi connectivity index (χ1n) is 8.98. The second-order valence-electron chi connectivity index (χ2n) is 6.71. The number of carbonyl (C=O) groups is 1. The van der Waals surface area contributed by atoms with Crippen LogP contribution in [0.1, 0.15) is 22.3 Å². The molecule has 0 aliphatic carbocycles. The first-order valence-corrected chi connectivity index (χ1v) is 11.2. The van der Waals surface area contributed by atoms with Crippen LogP contribution in [0, 0.1) is 0 Å². The molecule has 0 unspecified atom stereocenters. The summed E-state index contributed by atoms with van der Waals surface area (Å²) in [6, 6.07) is 13.7. The van der Waals surface area contributed by atoms with Gasteiger partial charge in [0, 0.05) is 23.2 Å². The zero-order valence-corrected chi connectivity index (χ0v) is 17.0. The molecule has 5 nitrogen and oxygen atoms in total. The molecule has 28 heavy (non-hydrogen) atoms. The molecule has 1 amide bonds. The summed E-state index contributed by atoms with van der Waals surface area (Å²) >= 11 is 6.27. The lowest BCUT2D eigenvalue weighted by Gasteiger charge is -2.29. The molecule has 0 spiro atoms. The molecule has 1 aliphatic heterocycles. The Kier molecular flexibility index (Phi) is 6.42. The average Bonchev–Trinajstić information content (AvgIpc) is 3.05. The van der Waals surface area contributed by atoms with E-state index in [0.29, 0.717) is 29.4 Å². The number of nitrogens with zero attached hydrogens (tertiary/aromatic N) is 1. The van der Waals surface area contributed by atoms with E-state index in [1.807, 2.05) is 18.2 Å². The van der Waals surface area contributed by atoms with Crippen molar-refractivity contribution in [2.45, 2.75) is 19.0 Å². The van der Waals surface area contributed by atoms with Gasteiger partial charge in [-0.2, -0.15) is 0 Å². The number of carbonyl (C=O) groups excluding carboxylic acids is 1. The normalized spacial score (nSPS) is 17.8. The minimum atomic E-state index is -3.13. The van der Waals surface area contributed by atoms with Crippen molar-refractivity contribution in [2.24, 2.45) is 0 Å². The molecule has 0 saturated carbocycles. The van der Waals surface area contributed by atoms with Gasteiger partial charge in [-0.15, -0.1) is 0 Å². The summed E-state index contributed by atoms with van der Waals surface area (Å²) in [5.41, 5.74) is 1.26. The lowest BCUT2D eigenvalue weighted by atomic mass is 10.1. The van der Waals surface area contributed by atoms with Crippen LogP contribution in [-0.4, -0.2) is 43.4 Å². The predicted molar refractivity (Wildman–Crippen MR) is 111 cm³/mol. The van der Waals surface area contributed by atoms with E-state index in [-0.39, 0.29) is 30.0 Å². The Labute approximate surface area is 170 Å². The molecule has 1 saturated heterocycles. The highest BCUT2D eigenvalue weighted by Gasteiger charge is 2.35. The molecule has 2 aromatic rings.